The van der Waals surface area contributed by atoms with Crippen LogP contribution in [-0.2, 0) is 6.54 Å². The molecule has 0 unspecified atom stereocenters. The zero-order chi connectivity index (χ0) is 13.8. The molecule has 0 atom stereocenters. The van der Waals surface area contributed by atoms with Crippen LogP contribution in [0.2, 0.25) is 0 Å². The molecule has 6 heteroatoms. The van der Waals surface area contributed by atoms with E-state index in [0.29, 0.717) is 6.54 Å². The van der Waals surface area contributed by atoms with Gasteiger partial charge in [0.15, 0.2) is 5.76 Å². The van der Waals surface area contributed by atoms with Crippen molar-refractivity contribution < 1.29 is 19.1 Å². The lowest BCUT2D eigenvalue weighted by molar-refractivity contribution is 0.0695. The summed E-state index contributed by atoms with van der Waals surface area (Å²) in [6.07, 6.45) is 4.34. The van der Waals surface area contributed by atoms with E-state index in [4.69, 9.17) is 9.52 Å². The maximum atomic E-state index is 12.0. The number of carboxylic acid groups (broad SMARTS) is 1. The fourth-order valence-electron chi connectivity index (χ4n) is 1.58. The lowest BCUT2D eigenvalue weighted by atomic mass is 10.2. The topological polar surface area (TPSA) is 83.6 Å². The highest BCUT2D eigenvalue weighted by Crippen LogP contribution is 2.12. The van der Waals surface area contributed by atoms with Gasteiger partial charge in [-0.25, -0.2) is 4.79 Å². The summed E-state index contributed by atoms with van der Waals surface area (Å²) < 4.78 is 4.96. The first-order valence-electron chi connectivity index (χ1n) is 5.54. The summed E-state index contributed by atoms with van der Waals surface area (Å²) in [7, 11) is 1.62. The largest absolute Gasteiger partial charge is 0.478 e. The highest BCUT2D eigenvalue weighted by atomic mass is 16.4. The van der Waals surface area contributed by atoms with Gasteiger partial charge in [-0.15, -0.1) is 0 Å². The van der Waals surface area contributed by atoms with Gasteiger partial charge in [0, 0.05) is 32.1 Å². The molecule has 0 aliphatic rings. The molecular formula is C13H12N2O4. The van der Waals surface area contributed by atoms with E-state index in [1.165, 1.54) is 11.0 Å². The van der Waals surface area contributed by atoms with Crippen molar-refractivity contribution in [1.29, 1.82) is 0 Å². The van der Waals surface area contributed by atoms with E-state index >= 15 is 0 Å². The maximum Gasteiger partial charge on any atom is 0.338 e. The number of furan rings is 1. The molecule has 0 saturated heterocycles. The van der Waals surface area contributed by atoms with Crippen molar-refractivity contribution in [3.05, 3.63) is 53.7 Å². The molecule has 0 aliphatic carbocycles. The average molecular weight is 260 g/mol. The monoisotopic (exact) mass is 260 g/mol. The van der Waals surface area contributed by atoms with E-state index in [2.05, 4.69) is 4.98 Å². The van der Waals surface area contributed by atoms with Crippen molar-refractivity contribution in [3.8, 4) is 0 Å². The number of carbonyl (C=O) groups is 2. The first-order valence-corrected chi connectivity index (χ1v) is 5.54. The second-order valence-electron chi connectivity index (χ2n) is 4.02. The predicted molar refractivity (Wildman–Crippen MR) is 65.7 cm³/mol. The lowest BCUT2D eigenvalue weighted by Crippen LogP contribution is -2.25. The van der Waals surface area contributed by atoms with Crippen molar-refractivity contribution in [2.45, 2.75) is 6.54 Å². The molecule has 2 aromatic heterocycles. The minimum Gasteiger partial charge on any atom is -0.478 e. The summed E-state index contributed by atoms with van der Waals surface area (Å²) >= 11 is 0. The van der Waals surface area contributed by atoms with E-state index in [1.807, 2.05) is 0 Å². The number of nitrogens with zero attached hydrogens (tertiary/aromatic N) is 2. The Kier molecular flexibility index (Phi) is 3.61. The van der Waals surface area contributed by atoms with Crippen LogP contribution in [0.15, 0.2) is 41.3 Å². The molecule has 0 bridgehead atoms. The van der Waals surface area contributed by atoms with Crippen LogP contribution < -0.4 is 0 Å². The SMILES string of the molecule is CN(Cc1ccncc1)C(=O)c1cc(C(=O)O)co1. The molecule has 0 spiro atoms. The van der Waals surface area contributed by atoms with E-state index < -0.39 is 5.97 Å². The van der Waals surface area contributed by atoms with Gasteiger partial charge in [0.25, 0.3) is 5.91 Å². The molecule has 6 nitrogen and oxygen atoms in total. The minimum absolute atomic E-state index is 0.00829. The summed E-state index contributed by atoms with van der Waals surface area (Å²) in [5.74, 6) is -1.49. The molecule has 0 radical (unpaired) electrons. The van der Waals surface area contributed by atoms with Gasteiger partial charge in [-0.3, -0.25) is 9.78 Å². The average Bonchev–Trinajstić information content (AvgIpc) is 2.88. The molecule has 1 N–H and O–H groups in total. The normalized spacial score (nSPS) is 10.2. The Hall–Kier alpha value is -2.63. The summed E-state index contributed by atoms with van der Waals surface area (Å²) in [6, 6.07) is 4.82. The number of amides is 1. The van der Waals surface area contributed by atoms with Gasteiger partial charge >= 0.3 is 5.97 Å². The summed E-state index contributed by atoms with van der Waals surface area (Å²) in [4.78, 5) is 28.0. The van der Waals surface area contributed by atoms with Gasteiger partial charge in [0.05, 0.1) is 5.56 Å². The lowest BCUT2D eigenvalue weighted by Gasteiger charge is -2.15. The van der Waals surface area contributed by atoms with E-state index in [1.54, 1.807) is 31.6 Å². The second-order valence-corrected chi connectivity index (χ2v) is 4.02. The van der Waals surface area contributed by atoms with Gasteiger partial charge in [-0.05, 0) is 17.7 Å². The number of carbonyl (C=O) groups excluding carboxylic acids is 1. The van der Waals surface area contributed by atoms with Crippen LogP contribution in [0, 0.1) is 0 Å². The van der Waals surface area contributed by atoms with Gasteiger partial charge in [-0.2, -0.15) is 0 Å². The van der Waals surface area contributed by atoms with Crippen molar-refractivity contribution in [2.24, 2.45) is 0 Å². The number of hydrogen-bond acceptors (Lipinski definition) is 4. The Labute approximate surface area is 109 Å². The summed E-state index contributed by atoms with van der Waals surface area (Å²) in [5, 5.41) is 8.76. The Morgan fingerprint density at radius 1 is 1.37 bits per heavy atom. The number of rotatable bonds is 4. The summed E-state index contributed by atoms with van der Waals surface area (Å²) in [6.45, 7) is 0.393. The molecule has 19 heavy (non-hydrogen) atoms. The van der Waals surface area contributed by atoms with E-state index in [9.17, 15) is 9.59 Å². The minimum atomic E-state index is -1.13. The highest BCUT2D eigenvalue weighted by molar-refractivity contribution is 5.95. The number of carboxylic acids is 1. The molecule has 2 aromatic rings. The summed E-state index contributed by atoms with van der Waals surface area (Å²) in [5.41, 5.74) is 0.886. The predicted octanol–water partition coefficient (Wildman–Crippen LogP) is 1.65. The fraction of sp³-hybridized carbons (Fsp3) is 0.154. The second kappa shape index (κ2) is 5.34. The number of hydrogen-bond donors (Lipinski definition) is 1. The third kappa shape index (κ3) is 2.98. The third-order valence-electron chi connectivity index (χ3n) is 2.57. The molecule has 2 heterocycles. The van der Waals surface area contributed by atoms with Gasteiger partial charge in [0.2, 0.25) is 0 Å². The standard InChI is InChI=1S/C13H12N2O4/c1-15(7-9-2-4-14-5-3-9)12(16)11-6-10(8-19-11)13(17)18/h2-6,8H,7H2,1H3,(H,17,18). The smallest absolute Gasteiger partial charge is 0.338 e. The van der Waals surface area contributed by atoms with Crippen molar-refractivity contribution in [3.63, 3.8) is 0 Å². The van der Waals surface area contributed by atoms with Crippen LogP contribution in [-0.4, -0.2) is 33.9 Å². The first kappa shape index (κ1) is 12.8. The van der Waals surface area contributed by atoms with Gasteiger partial charge in [-0.1, -0.05) is 0 Å². The fourth-order valence-corrected chi connectivity index (χ4v) is 1.58. The Balaban J connectivity index is 2.08. The zero-order valence-corrected chi connectivity index (χ0v) is 10.2. The molecule has 0 aliphatic heterocycles. The number of aromatic nitrogens is 1. The Morgan fingerprint density at radius 2 is 2.05 bits per heavy atom. The zero-order valence-electron chi connectivity index (χ0n) is 10.2. The van der Waals surface area contributed by atoms with Crippen LogP contribution in [0.5, 0.6) is 0 Å². The first-order chi connectivity index (χ1) is 9.08. The van der Waals surface area contributed by atoms with Crippen molar-refractivity contribution in [1.82, 2.24) is 9.88 Å². The molecule has 1 amide bonds. The molecule has 0 saturated carbocycles. The van der Waals surface area contributed by atoms with Gasteiger partial charge in [0.1, 0.15) is 6.26 Å². The van der Waals surface area contributed by atoms with Gasteiger partial charge < -0.3 is 14.4 Å². The third-order valence-corrected chi connectivity index (χ3v) is 2.57. The Morgan fingerprint density at radius 3 is 2.63 bits per heavy atom. The highest BCUT2D eigenvalue weighted by Gasteiger charge is 2.18. The van der Waals surface area contributed by atoms with E-state index in [-0.39, 0.29) is 17.2 Å². The number of aromatic carboxylic acids is 1. The molecular weight excluding hydrogens is 248 g/mol. The van der Waals surface area contributed by atoms with Crippen LogP contribution in [0.4, 0.5) is 0 Å². The molecule has 0 aromatic carbocycles. The van der Waals surface area contributed by atoms with E-state index in [0.717, 1.165) is 11.8 Å². The Bertz CT molecular complexity index is 592. The van der Waals surface area contributed by atoms with Crippen LogP contribution in [0.3, 0.4) is 0 Å². The molecule has 98 valence electrons. The number of pyridine rings is 1. The maximum absolute atomic E-state index is 12.0. The van der Waals surface area contributed by atoms with Crippen LogP contribution in [0.25, 0.3) is 0 Å². The van der Waals surface area contributed by atoms with Crippen LogP contribution in [0.1, 0.15) is 26.5 Å². The van der Waals surface area contributed by atoms with Crippen LogP contribution >= 0.6 is 0 Å². The molecule has 2 rings (SSSR count). The quantitative estimate of drug-likeness (QED) is 0.903. The van der Waals surface area contributed by atoms with Crippen molar-refractivity contribution in [2.75, 3.05) is 7.05 Å². The molecule has 0 fully saturated rings. The van der Waals surface area contributed by atoms with Crippen molar-refractivity contribution >= 4 is 11.9 Å².